The first-order chi connectivity index (χ1) is 16.3. The van der Waals surface area contributed by atoms with Crippen LogP contribution in [0, 0.1) is 0 Å². The normalized spacial score (nSPS) is 11.9. The highest BCUT2D eigenvalue weighted by atomic mass is 19.4. The summed E-state index contributed by atoms with van der Waals surface area (Å²) in [7, 11) is 1.59. The van der Waals surface area contributed by atoms with E-state index in [-0.39, 0.29) is 11.5 Å². The van der Waals surface area contributed by atoms with Crippen LogP contribution < -0.4 is 10.1 Å². The Bertz CT molecular complexity index is 1310. The maximum absolute atomic E-state index is 12.5. The number of hydrogen-bond acceptors (Lipinski definition) is 6. The van der Waals surface area contributed by atoms with Gasteiger partial charge in [-0.1, -0.05) is 13.3 Å². The zero-order valence-electron chi connectivity index (χ0n) is 18.7. The van der Waals surface area contributed by atoms with E-state index >= 15 is 0 Å². The molecular formula is C23H24F3N5O3. The number of halogens is 3. The summed E-state index contributed by atoms with van der Waals surface area (Å²) in [4.78, 5) is 24.4. The number of carbonyl (C=O) groups is 1. The van der Waals surface area contributed by atoms with Gasteiger partial charge in [-0.05, 0) is 36.8 Å². The molecule has 180 valence electrons. The van der Waals surface area contributed by atoms with E-state index in [4.69, 9.17) is 4.74 Å². The molecule has 0 aliphatic rings. The lowest BCUT2D eigenvalue weighted by molar-refractivity contribution is -0.274. The number of ketones is 1. The van der Waals surface area contributed by atoms with Gasteiger partial charge in [0.2, 0.25) is 11.9 Å². The molecule has 0 saturated carbocycles. The number of H-pyrrole nitrogens is 1. The first-order valence-corrected chi connectivity index (χ1v) is 10.8. The van der Waals surface area contributed by atoms with E-state index in [9.17, 15) is 18.0 Å². The van der Waals surface area contributed by atoms with Crippen LogP contribution in [0.2, 0.25) is 0 Å². The third kappa shape index (κ3) is 5.30. The van der Waals surface area contributed by atoms with E-state index in [2.05, 4.69) is 25.0 Å². The molecule has 0 unspecified atom stereocenters. The van der Waals surface area contributed by atoms with Crippen LogP contribution in [0.25, 0.3) is 22.1 Å². The van der Waals surface area contributed by atoms with Crippen molar-refractivity contribution in [3.8, 4) is 5.75 Å². The van der Waals surface area contributed by atoms with Crippen LogP contribution in [0.1, 0.15) is 36.5 Å². The minimum absolute atomic E-state index is 0.0684. The van der Waals surface area contributed by atoms with Crippen LogP contribution in [-0.2, 0) is 11.3 Å². The van der Waals surface area contributed by atoms with E-state index in [1.165, 1.54) is 18.2 Å². The molecule has 11 heteroatoms. The second kappa shape index (κ2) is 9.72. The molecular weight excluding hydrogens is 451 g/mol. The van der Waals surface area contributed by atoms with Gasteiger partial charge in [0, 0.05) is 31.7 Å². The molecule has 0 aliphatic carbocycles. The number of nitrogens with one attached hydrogen (secondary N) is 2. The van der Waals surface area contributed by atoms with Crippen molar-refractivity contribution in [2.75, 3.05) is 19.0 Å². The van der Waals surface area contributed by atoms with Gasteiger partial charge in [-0.25, -0.2) is 9.97 Å². The number of carbonyl (C=O) groups excluding carboxylic acids is 1. The van der Waals surface area contributed by atoms with Gasteiger partial charge in [0.25, 0.3) is 0 Å². The highest BCUT2D eigenvalue weighted by Crippen LogP contribution is 2.28. The van der Waals surface area contributed by atoms with Crippen molar-refractivity contribution in [2.45, 2.75) is 39.1 Å². The lowest BCUT2D eigenvalue weighted by atomic mass is 10.1. The molecule has 0 saturated heterocycles. The molecule has 0 fully saturated rings. The minimum atomic E-state index is -4.78. The monoisotopic (exact) mass is 475 g/mol. The quantitative estimate of drug-likeness (QED) is 0.291. The van der Waals surface area contributed by atoms with E-state index in [0.717, 1.165) is 18.4 Å². The Hall–Kier alpha value is -3.60. The fourth-order valence-corrected chi connectivity index (χ4v) is 3.64. The molecule has 0 amide bonds. The first-order valence-electron chi connectivity index (χ1n) is 10.8. The number of methoxy groups -OCH3 is 1. The molecule has 2 aromatic carbocycles. The standard InChI is InChI=1S/C23H24F3N5O3/c1-3-4-5-20(32)14-6-9-19-18(12-14)29-22(31(19)10-11-33-2)30-21-27-16-8-7-15(13-17(16)28-21)34-23(24,25)26/h6-9,12-13H,3-5,10-11H2,1-2H3,(H2,27,28,29,30). The Morgan fingerprint density at radius 2 is 1.97 bits per heavy atom. The molecule has 4 rings (SSSR count). The number of aromatic nitrogens is 4. The van der Waals surface area contributed by atoms with Crippen molar-refractivity contribution in [1.29, 1.82) is 0 Å². The van der Waals surface area contributed by atoms with Gasteiger partial charge in [0.1, 0.15) is 5.75 Å². The fourth-order valence-electron chi connectivity index (χ4n) is 3.64. The number of ether oxygens (including phenoxy) is 2. The Balaban J connectivity index is 1.65. The summed E-state index contributed by atoms with van der Waals surface area (Å²) < 4.78 is 48.6. The van der Waals surface area contributed by atoms with Crippen LogP contribution >= 0.6 is 0 Å². The molecule has 2 heterocycles. The molecule has 0 bridgehead atoms. The van der Waals surface area contributed by atoms with E-state index < -0.39 is 6.36 Å². The molecule has 2 N–H and O–H groups in total. The lowest BCUT2D eigenvalue weighted by Crippen LogP contribution is -2.16. The van der Waals surface area contributed by atoms with Gasteiger partial charge in [-0.2, -0.15) is 0 Å². The van der Waals surface area contributed by atoms with Gasteiger partial charge in [0.05, 0.1) is 28.7 Å². The van der Waals surface area contributed by atoms with Crippen molar-refractivity contribution in [3.05, 3.63) is 42.0 Å². The van der Waals surface area contributed by atoms with Crippen molar-refractivity contribution in [1.82, 2.24) is 19.5 Å². The number of fused-ring (bicyclic) bond motifs is 2. The zero-order valence-corrected chi connectivity index (χ0v) is 18.7. The Labute approximate surface area is 193 Å². The summed E-state index contributed by atoms with van der Waals surface area (Å²) in [5.74, 6) is 0.477. The average Bonchev–Trinajstić information content (AvgIpc) is 3.34. The van der Waals surface area contributed by atoms with Gasteiger partial charge in [0.15, 0.2) is 5.78 Å². The SMILES string of the molecule is CCCCC(=O)c1ccc2c(c1)nc(Nc1nc3ccc(OC(F)(F)F)cc3[nH]1)n2CCOC. The Morgan fingerprint density at radius 3 is 2.71 bits per heavy atom. The highest BCUT2D eigenvalue weighted by Gasteiger charge is 2.31. The molecule has 0 aliphatic heterocycles. The summed E-state index contributed by atoms with van der Waals surface area (Å²) in [6.07, 6.45) is -2.53. The van der Waals surface area contributed by atoms with E-state index in [1.807, 2.05) is 17.6 Å². The van der Waals surface area contributed by atoms with Gasteiger partial charge in [-0.3, -0.25) is 10.1 Å². The predicted molar refractivity (Wildman–Crippen MR) is 122 cm³/mol. The first kappa shape index (κ1) is 23.6. The maximum Gasteiger partial charge on any atom is 0.573 e. The number of anilines is 2. The third-order valence-electron chi connectivity index (χ3n) is 5.26. The second-order valence-electron chi connectivity index (χ2n) is 7.75. The van der Waals surface area contributed by atoms with Crippen LogP contribution in [0.3, 0.4) is 0 Å². The molecule has 0 atom stereocenters. The van der Waals surface area contributed by atoms with Gasteiger partial charge < -0.3 is 19.0 Å². The Kier molecular flexibility index (Phi) is 6.73. The lowest BCUT2D eigenvalue weighted by Gasteiger charge is -2.09. The largest absolute Gasteiger partial charge is 0.573 e. The average molecular weight is 475 g/mol. The predicted octanol–water partition coefficient (Wildman–Crippen LogP) is 5.57. The van der Waals surface area contributed by atoms with Gasteiger partial charge in [-0.15, -0.1) is 13.2 Å². The molecule has 4 aromatic rings. The number of rotatable bonds is 10. The summed E-state index contributed by atoms with van der Waals surface area (Å²) >= 11 is 0. The minimum Gasteiger partial charge on any atom is -0.406 e. The van der Waals surface area contributed by atoms with Crippen LogP contribution in [0.5, 0.6) is 5.75 Å². The van der Waals surface area contributed by atoms with Gasteiger partial charge >= 0.3 is 6.36 Å². The van der Waals surface area contributed by atoms with Crippen LogP contribution in [0.4, 0.5) is 25.1 Å². The topological polar surface area (TPSA) is 94.1 Å². The maximum atomic E-state index is 12.5. The number of nitrogens with zero attached hydrogens (tertiary/aromatic N) is 3. The van der Waals surface area contributed by atoms with Crippen molar-refractivity contribution in [3.63, 3.8) is 0 Å². The van der Waals surface area contributed by atoms with E-state index in [1.54, 1.807) is 19.2 Å². The van der Waals surface area contributed by atoms with Crippen LogP contribution in [0.15, 0.2) is 36.4 Å². The molecule has 0 spiro atoms. The number of unbranched alkanes of at least 4 members (excludes halogenated alkanes) is 1. The number of aromatic amines is 1. The molecule has 0 radical (unpaired) electrons. The summed E-state index contributed by atoms with van der Waals surface area (Å²) in [6, 6.07) is 9.26. The summed E-state index contributed by atoms with van der Waals surface area (Å²) in [5.41, 5.74) is 2.87. The third-order valence-corrected chi connectivity index (χ3v) is 5.26. The number of alkyl halides is 3. The molecule has 34 heavy (non-hydrogen) atoms. The summed E-state index contributed by atoms with van der Waals surface area (Å²) in [6.45, 7) is 2.95. The Morgan fingerprint density at radius 1 is 1.15 bits per heavy atom. The smallest absolute Gasteiger partial charge is 0.406 e. The number of benzene rings is 2. The number of imidazole rings is 2. The highest BCUT2D eigenvalue weighted by molar-refractivity contribution is 5.99. The van der Waals surface area contributed by atoms with Crippen molar-refractivity contribution in [2.24, 2.45) is 0 Å². The molecule has 2 aromatic heterocycles. The van der Waals surface area contributed by atoms with Crippen molar-refractivity contribution < 1.29 is 27.4 Å². The van der Waals surface area contributed by atoms with Crippen LogP contribution in [-0.4, -0.2) is 45.4 Å². The summed E-state index contributed by atoms with van der Waals surface area (Å²) in [5, 5.41) is 3.09. The molecule has 8 nitrogen and oxygen atoms in total. The zero-order chi connectivity index (χ0) is 24.3. The fraction of sp³-hybridized carbons (Fsp3) is 0.348. The number of Topliss-reactive ketones (excluding diaryl/α,β-unsaturated/α-hetero) is 1. The number of hydrogen-bond donors (Lipinski definition) is 2. The van der Waals surface area contributed by atoms with E-state index in [0.29, 0.717) is 53.6 Å². The second-order valence-corrected chi connectivity index (χ2v) is 7.75. The van der Waals surface area contributed by atoms with Crippen molar-refractivity contribution >= 4 is 39.7 Å².